The fraction of sp³-hybridized carbons (Fsp3) is 0.867. The maximum atomic E-state index is 12.3. The van der Waals surface area contributed by atoms with Crippen molar-refractivity contribution in [3.8, 4) is 6.07 Å². The number of carbonyl (C=O) groups excluding carboxylic acids is 1. The molecule has 1 aliphatic heterocycles. The summed E-state index contributed by atoms with van der Waals surface area (Å²) in [6.07, 6.45) is 2.52. The predicted octanol–water partition coefficient (Wildman–Crippen LogP) is 0.777. The van der Waals surface area contributed by atoms with Crippen LogP contribution < -0.4 is 5.32 Å². The number of aliphatic hydroxyl groups is 1. The average molecular weight is 294 g/mol. The minimum atomic E-state index is -0.341. The number of rotatable bonds is 4. The number of amides is 2. The number of urea groups is 1. The molecule has 6 heteroatoms. The van der Waals surface area contributed by atoms with Crippen LogP contribution in [0.2, 0.25) is 0 Å². The first-order valence-electron chi connectivity index (χ1n) is 7.82. The normalized spacial score (nSPS) is 26.6. The zero-order valence-electron chi connectivity index (χ0n) is 13.0. The van der Waals surface area contributed by atoms with Crippen LogP contribution in [-0.4, -0.2) is 65.8 Å². The molecule has 0 aromatic heterocycles. The number of nitriles is 1. The fourth-order valence-corrected chi connectivity index (χ4v) is 3.15. The molecule has 118 valence electrons. The molecule has 2 unspecified atom stereocenters. The Morgan fingerprint density at radius 1 is 1.52 bits per heavy atom. The van der Waals surface area contributed by atoms with Gasteiger partial charge in [0.25, 0.3) is 0 Å². The second kappa shape index (κ2) is 6.63. The standard InChI is InChI=1S/C15H26N4O2/c1-12-8-18(9-13(2)20)6-7-19(12)14(21)17-11-15(10-16)4-3-5-15/h12-13,20H,3-9,11H2,1-2H3,(H,17,21). The lowest BCUT2D eigenvalue weighted by atomic mass is 9.70. The van der Waals surface area contributed by atoms with Crippen molar-refractivity contribution in [2.45, 2.75) is 45.3 Å². The molecule has 1 saturated carbocycles. The molecule has 0 aromatic carbocycles. The highest BCUT2D eigenvalue weighted by Crippen LogP contribution is 2.39. The lowest BCUT2D eigenvalue weighted by Crippen LogP contribution is -2.58. The first-order valence-corrected chi connectivity index (χ1v) is 7.82. The molecule has 2 rings (SSSR count). The van der Waals surface area contributed by atoms with E-state index >= 15 is 0 Å². The van der Waals surface area contributed by atoms with Crippen molar-refractivity contribution in [3.05, 3.63) is 0 Å². The Morgan fingerprint density at radius 2 is 2.24 bits per heavy atom. The molecule has 0 radical (unpaired) electrons. The van der Waals surface area contributed by atoms with E-state index in [4.69, 9.17) is 0 Å². The molecule has 2 amide bonds. The first kappa shape index (κ1) is 16.1. The van der Waals surface area contributed by atoms with Crippen molar-refractivity contribution in [3.63, 3.8) is 0 Å². The zero-order chi connectivity index (χ0) is 15.5. The summed E-state index contributed by atoms with van der Waals surface area (Å²) in [4.78, 5) is 16.3. The average Bonchev–Trinajstić information content (AvgIpc) is 2.37. The number of nitrogens with one attached hydrogen (secondary N) is 1. The van der Waals surface area contributed by atoms with E-state index in [2.05, 4.69) is 16.3 Å². The minimum Gasteiger partial charge on any atom is -0.392 e. The Morgan fingerprint density at radius 3 is 2.71 bits per heavy atom. The topological polar surface area (TPSA) is 79.6 Å². The predicted molar refractivity (Wildman–Crippen MR) is 79.6 cm³/mol. The van der Waals surface area contributed by atoms with E-state index in [1.54, 1.807) is 6.92 Å². The van der Waals surface area contributed by atoms with E-state index in [-0.39, 0.29) is 23.6 Å². The highest BCUT2D eigenvalue weighted by atomic mass is 16.3. The summed E-state index contributed by atoms with van der Waals surface area (Å²) in [6, 6.07) is 2.40. The molecule has 0 bridgehead atoms. The number of β-amino-alcohol motifs (C(OH)–C–C–N with tert-alkyl or cyclic N) is 1. The Kier molecular flexibility index (Phi) is 5.07. The summed E-state index contributed by atoms with van der Waals surface area (Å²) in [5, 5.41) is 21.5. The number of piperazine rings is 1. The Balaban J connectivity index is 1.79. The van der Waals surface area contributed by atoms with Gasteiger partial charge in [0.1, 0.15) is 0 Å². The quantitative estimate of drug-likeness (QED) is 0.803. The summed E-state index contributed by atoms with van der Waals surface area (Å²) in [6.45, 7) is 7.15. The molecule has 6 nitrogen and oxygen atoms in total. The monoisotopic (exact) mass is 294 g/mol. The Hall–Kier alpha value is -1.32. The van der Waals surface area contributed by atoms with Crippen LogP contribution in [0, 0.1) is 16.7 Å². The molecule has 2 atom stereocenters. The van der Waals surface area contributed by atoms with Gasteiger partial charge in [0.15, 0.2) is 0 Å². The van der Waals surface area contributed by atoms with Crippen molar-refractivity contribution in [2.75, 3.05) is 32.7 Å². The molecule has 1 heterocycles. The van der Waals surface area contributed by atoms with Gasteiger partial charge < -0.3 is 15.3 Å². The Bertz CT molecular complexity index is 414. The van der Waals surface area contributed by atoms with E-state index in [1.807, 2.05) is 11.8 Å². The van der Waals surface area contributed by atoms with Crippen LogP contribution in [0.15, 0.2) is 0 Å². The summed E-state index contributed by atoms with van der Waals surface area (Å²) in [5.74, 6) is 0. The smallest absolute Gasteiger partial charge is 0.317 e. The highest BCUT2D eigenvalue weighted by Gasteiger charge is 2.38. The van der Waals surface area contributed by atoms with Crippen molar-refractivity contribution in [1.82, 2.24) is 15.1 Å². The van der Waals surface area contributed by atoms with Crippen molar-refractivity contribution in [1.29, 1.82) is 5.26 Å². The third-order valence-electron chi connectivity index (χ3n) is 4.62. The molecular formula is C15H26N4O2. The van der Waals surface area contributed by atoms with Gasteiger partial charge in [-0.3, -0.25) is 4.90 Å². The minimum absolute atomic E-state index is 0.0688. The molecule has 1 saturated heterocycles. The number of hydrogen-bond acceptors (Lipinski definition) is 4. The lowest BCUT2D eigenvalue weighted by Gasteiger charge is -2.41. The second-order valence-corrected chi connectivity index (χ2v) is 6.56. The molecular weight excluding hydrogens is 268 g/mol. The van der Waals surface area contributed by atoms with Gasteiger partial charge >= 0.3 is 6.03 Å². The second-order valence-electron chi connectivity index (χ2n) is 6.56. The van der Waals surface area contributed by atoms with E-state index in [9.17, 15) is 15.2 Å². The summed E-state index contributed by atoms with van der Waals surface area (Å²) < 4.78 is 0. The number of carbonyl (C=O) groups is 1. The van der Waals surface area contributed by atoms with Gasteiger partial charge in [0, 0.05) is 38.8 Å². The van der Waals surface area contributed by atoms with Gasteiger partial charge in [-0.15, -0.1) is 0 Å². The van der Waals surface area contributed by atoms with E-state index < -0.39 is 0 Å². The molecule has 2 N–H and O–H groups in total. The van der Waals surface area contributed by atoms with E-state index in [0.29, 0.717) is 19.6 Å². The molecule has 1 aliphatic carbocycles. The molecule has 0 aromatic rings. The molecule has 21 heavy (non-hydrogen) atoms. The van der Waals surface area contributed by atoms with Crippen molar-refractivity contribution in [2.24, 2.45) is 5.41 Å². The van der Waals surface area contributed by atoms with Gasteiger partial charge in [-0.05, 0) is 26.7 Å². The van der Waals surface area contributed by atoms with Crippen LogP contribution in [0.5, 0.6) is 0 Å². The lowest BCUT2D eigenvalue weighted by molar-refractivity contribution is 0.0646. The number of aliphatic hydroxyl groups excluding tert-OH is 1. The summed E-state index contributed by atoms with van der Waals surface area (Å²) in [7, 11) is 0. The Labute approximate surface area is 126 Å². The van der Waals surface area contributed by atoms with E-state index in [1.165, 1.54) is 0 Å². The maximum Gasteiger partial charge on any atom is 0.317 e. The van der Waals surface area contributed by atoms with Crippen LogP contribution in [0.1, 0.15) is 33.1 Å². The first-order chi connectivity index (χ1) is 9.96. The fourth-order valence-electron chi connectivity index (χ4n) is 3.15. The van der Waals surface area contributed by atoms with Gasteiger partial charge in [-0.2, -0.15) is 5.26 Å². The maximum absolute atomic E-state index is 12.3. The molecule has 2 fully saturated rings. The van der Waals surface area contributed by atoms with Gasteiger partial charge in [0.05, 0.1) is 17.6 Å². The van der Waals surface area contributed by atoms with Crippen LogP contribution in [-0.2, 0) is 0 Å². The van der Waals surface area contributed by atoms with Crippen LogP contribution in [0.25, 0.3) is 0 Å². The third kappa shape index (κ3) is 3.86. The SMILES string of the molecule is CC(O)CN1CCN(C(=O)NCC2(C#N)CCC2)C(C)C1. The zero-order valence-corrected chi connectivity index (χ0v) is 13.0. The number of nitrogens with zero attached hydrogens (tertiary/aromatic N) is 3. The summed E-state index contributed by atoms with van der Waals surface area (Å²) >= 11 is 0. The van der Waals surface area contributed by atoms with Gasteiger partial charge in [-0.25, -0.2) is 4.79 Å². The van der Waals surface area contributed by atoms with Gasteiger partial charge in [-0.1, -0.05) is 6.42 Å². The highest BCUT2D eigenvalue weighted by molar-refractivity contribution is 5.74. The third-order valence-corrected chi connectivity index (χ3v) is 4.62. The molecule has 2 aliphatic rings. The van der Waals surface area contributed by atoms with Crippen LogP contribution in [0.4, 0.5) is 4.79 Å². The van der Waals surface area contributed by atoms with Crippen molar-refractivity contribution < 1.29 is 9.90 Å². The number of hydrogen-bond donors (Lipinski definition) is 2. The molecule has 0 spiro atoms. The van der Waals surface area contributed by atoms with Gasteiger partial charge in [0.2, 0.25) is 0 Å². The summed E-state index contributed by atoms with van der Waals surface area (Å²) in [5.41, 5.74) is -0.326. The van der Waals surface area contributed by atoms with Crippen LogP contribution in [0.3, 0.4) is 0 Å². The largest absolute Gasteiger partial charge is 0.392 e. The van der Waals surface area contributed by atoms with Crippen molar-refractivity contribution >= 4 is 6.03 Å². The van der Waals surface area contributed by atoms with Crippen LogP contribution >= 0.6 is 0 Å². The van der Waals surface area contributed by atoms with E-state index in [0.717, 1.165) is 32.4 Å².